The molecule has 1 aliphatic rings. The first-order valence-corrected chi connectivity index (χ1v) is 6.83. The summed E-state index contributed by atoms with van der Waals surface area (Å²) in [6, 6.07) is 10.3. The van der Waals surface area contributed by atoms with Crippen molar-refractivity contribution in [3.8, 4) is 0 Å². The van der Waals surface area contributed by atoms with Gasteiger partial charge in [0.2, 0.25) is 0 Å². The number of hydrogen-bond acceptors (Lipinski definition) is 4. The highest BCUT2D eigenvalue weighted by Gasteiger charge is 2.25. The highest BCUT2D eigenvalue weighted by molar-refractivity contribution is 5.88. The molecule has 0 saturated heterocycles. The summed E-state index contributed by atoms with van der Waals surface area (Å²) in [7, 11) is 0. The maximum absolute atomic E-state index is 4.67. The fourth-order valence-corrected chi connectivity index (χ4v) is 2.78. The highest BCUT2D eigenvalue weighted by Crippen LogP contribution is 2.32. The third-order valence-electron chi connectivity index (χ3n) is 3.74. The molecular formula is C15H15N5. The van der Waals surface area contributed by atoms with E-state index in [-0.39, 0.29) is 6.04 Å². The molecule has 5 heteroatoms. The number of aryl methyl sites for hydroxylation is 1. The Bertz CT molecular complexity index is 763. The fraction of sp³-hybridized carbons (Fsp3) is 0.267. The Balaban J connectivity index is 1.91. The Hall–Kier alpha value is -2.43. The van der Waals surface area contributed by atoms with Crippen LogP contribution >= 0.6 is 0 Å². The molecule has 100 valence electrons. The molecule has 4 heterocycles. The second-order valence-corrected chi connectivity index (χ2v) is 5.10. The lowest BCUT2D eigenvalue weighted by atomic mass is 10.1. The van der Waals surface area contributed by atoms with E-state index in [4.69, 9.17) is 0 Å². The van der Waals surface area contributed by atoms with E-state index in [0.717, 1.165) is 41.2 Å². The minimum Gasteiger partial charge on any atom is -0.370 e. The van der Waals surface area contributed by atoms with E-state index < -0.39 is 0 Å². The van der Waals surface area contributed by atoms with E-state index >= 15 is 0 Å². The number of aromatic nitrogens is 4. The molecule has 1 N–H and O–H groups in total. The second-order valence-electron chi connectivity index (χ2n) is 5.10. The molecule has 0 aromatic carbocycles. The molecule has 1 aliphatic heterocycles. The smallest absolute Gasteiger partial charge is 0.183 e. The van der Waals surface area contributed by atoms with Crippen molar-refractivity contribution in [2.24, 2.45) is 0 Å². The van der Waals surface area contributed by atoms with Gasteiger partial charge in [0.15, 0.2) is 5.65 Å². The van der Waals surface area contributed by atoms with Crippen LogP contribution in [0.1, 0.15) is 23.9 Å². The van der Waals surface area contributed by atoms with Crippen molar-refractivity contribution in [3.05, 3.63) is 47.9 Å². The van der Waals surface area contributed by atoms with Crippen LogP contribution in [-0.4, -0.2) is 26.3 Å². The maximum atomic E-state index is 4.67. The van der Waals surface area contributed by atoms with Gasteiger partial charge in [0, 0.05) is 18.4 Å². The van der Waals surface area contributed by atoms with Gasteiger partial charge in [-0.15, -0.1) is 5.10 Å². The van der Waals surface area contributed by atoms with Crippen molar-refractivity contribution >= 4 is 16.9 Å². The van der Waals surface area contributed by atoms with Crippen molar-refractivity contribution in [3.63, 3.8) is 0 Å². The van der Waals surface area contributed by atoms with E-state index in [2.05, 4.69) is 32.5 Å². The summed E-state index contributed by atoms with van der Waals surface area (Å²) >= 11 is 0. The Morgan fingerprint density at radius 1 is 1.25 bits per heavy atom. The molecule has 0 spiro atoms. The molecule has 20 heavy (non-hydrogen) atoms. The number of nitrogens with one attached hydrogen (secondary N) is 1. The highest BCUT2D eigenvalue weighted by atomic mass is 15.4. The van der Waals surface area contributed by atoms with Gasteiger partial charge in [-0.1, -0.05) is 6.07 Å². The largest absolute Gasteiger partial charge is 0.370 e. The van der Waals surface area contributed by atoms with Crippen LogP contribution in [0.25, 0.3) is 11.0 Å². The first-order chi connectivity index (χ1) is 9.83. The summed E-state index contributed by atoms with van der Waals surface area (Å²) in [6.45, 7) is 2.91. The lowest BCUT2D eigenvalue weighted by Gasteiger charge is -2.25. The van der Waals surface area contributed by atoms with Crippen LogP contribution in [0.5, 0.6) is 0 Å². The molecule has 0 aliphatic carbocycles. The van der Waals surface area contributed by atoms with Crippen LogP contribution in [0.4, 0.5) is 5.82 Å². The molecule has 1 unspecified atom stereocenters. The van der Waals surface area contributed by atoms with Crippen LogP contribution < -0.4 is 5.32 Å². The number of pyridine rings is 2. The average molecular weight is 265 g/mol. The van der Waals surface area contributed by atoms with Gasteiger partial charge in [0.1, 0.15) is 5.82 Å². The molecule has 1 atom stereocenters. The topological polar surface area (TPSA) is 55.6 Å². The van der Waals surface area contributed by atoms with E-state index in [9.17, 15) is 0 Å². The summed E-state index contributed by atoms with van der Waals surface area (Å²) in [4.78, 5) is 9.00. The van der Waals surface area contributed by atoms with Crippen LogP contribution in [0.3, 0.4) is 0 Å². The van der Waals surface area contributed by atoms with Gasteiger partial charge in [-0.05, 0) is 37.6 Å². The Morgan fingerprint density at radius 3 is 3.05 bits per heavy atom. The molecule has 0 radical (unpaired) electrons. The van der Waals surface area contributed by atoms with Crippen LogP contribution in [0.2, 0.25) is 0 Å². The summed E-state index contributed by atoms with van der Waals surface area (Å²) in [5, 5.41) is 9.19. The minimum atomic E-state index is 0.182. The standard InChI is InChI=1S/C15H15N5/c1-10-5-6-11-14(18-10)19-20-13(7-9-17-15(11)20)12-4-2-3-8-16-12/h2-6,8,13,17H,7,9H2,1H3. The number of fused-ring (bicyclic) bond motifs is 3. The lowest BCUT2D eigenvalue weighted by molar-refractivity contribution is 0.475. The minimum absolute atomic E-state index is 0.182. The third-order valence-corrected chi connectivity index (χ3v) is 3.74. The zero-order chi connectivity index (χ0) is 13.5. The van der Waals surface area contributed by atoms with Crippen molar-refractivity contribution < 1.29 is 0 Å². The normalized spacial score (nSPS) is 17.8. The summed E-state index contributed by atoms with van der Waals surface area (Å²) in [5.41, 5.74) is 2.84. The first kappa shape index (κ1) is 11.4. The lowest BCUT2D eigenvalue weighted by Crippen LogP contribution is -2.24. The Kier molecular flexibility index (Phi) is 2.45. The van der Waals surface area contributed by atoms with Crippen LogP contribution in [0, 0.1) is 6.92 Å². The molecule has 3 aromatic heterocycles. The van der Waals surface area contributed by atoms with Crippen LogP contribution in [-0.2, 0) is 0 Å². The molecule has 4 rings (SSSR count). The fourth-order valence-electron chi connectivity index (χ4n) is 2.78. The van der Waals surface area contributed by atoms with E-state index in [1.54, 1.807) is 0 Å². The van der Waals surface area contributed by atoms with Gasteiger partial charge < -0.3 is 5.32 Å². The quantitative estimate of drug-likeness (QED) is 0.734. The molecule has 0 saturated carbocycles. The number of anilines is 1. The van der Waals surface area contributed by atoms with E-state index in [1.165, 1.54) is 0 Å². The predicted octanol–water partition coefficient (Wildman–Crippen LogP) is 2.54. The molecule has 0 fully saturated rings. The van der Waals surface area contributed by atoms with Crippen molar-refractivity contribution in [2.45, 2.75) is 19.4 Å². The van der Waals surface area contributed by atoms with E-state index in [1.807, 2.05) is 36.0 Å². The SMILES string of the molecule is Cc1ccc2c3n(nc2n1)C(c1ccccn1)CCN3. The Morgan fingerprint density at radius 2 is 2.20 bits per heavy atom. The first-order valence-electron chi connectivity index (χ1n) is 6.83. The maximum Gasteiger partial charge on any atom is 0.183 e. The number of nitrogens with zero attached hydrogens (tertiary/aromatic N) is 4. The van der Waals surface area contributed by atoms with E-state index in [0.29, 0.717) is 0 Å². The van der Waals surface area contributed by atoms with Gasteiger partial charge in [-0.3, -0.25) is 4.98 Å². The molecule has 3 aromatic rings. The predicted molar refractivity (Wildman–Crippen MR) is 77.7 cm³/mol. The van der Waals surface area contributed by atoms with Gasteiger partial charge in [0.25, 0.3) is 0 Å². The average Bonchev–Trinajstić information content (AvgIpc) is 2.85. The molecule has 5 nitrogen and oxygen atoms in total. The zero-order valence-corrected chi connectivity index (χ0v) is 11.2. The van der Waals surface area contributed by atoms with Crippen LogP contribution in [0.15, 0.2) is 36.5 Å². The van der Waals surface area contributed by atoms with Gasteiger partial charge in [0.05, 0.1) is 17.1 Å². The van der Waals surface area contributed by atoms with Crippen molar-refractivity contribution in [1.29, 1.82) is 0 Å². The van der Waals surface area contributed by atoms with Gasteiger partial charge in [-0.25, -0.2) is 9.67 Å². The van der Waals surface area contributed by atoms with Gasteiger partial charge in [-0.2, -0.15) is 0 Å². The summed E-state index contributed by atoms with van der Waals surface area (Å²) < 4.78 is 2.03. The third kappa shape index (κ3) is 1.66. The van der Waals surface area contributed by atoms with Crippen molar-refractivity contribution in [2.75, 3.05) is 11.9 Å². The summed E-state index contributed by atoms with van der Waals surface area (Å²) in [5.74, 6) is 1.05. The van der Waals surface area contributed by atoms with Gasteiger partial charge >= 0.3 is 0 Å². The Labute approximate surface area is 116 Å². The zero-order valence-electron chi connectivity index (χ0n) is 11.2. The molecule has 0 bridgehead atoms. The molecular weight excluding hydrogens is 250 g/mol. The monoisotopic (exact) mass is 265 g/mol. The molecule has 0 amide bonds. The summed E-state index contributed by atoms with van der Waals surface area (Å²) in [6.07, 6.45) is 2.82. The van der Waals surface area contributed by atoms with Crippen molar-refractivity contribution in [1.82, 2.24) is 19.7 Å². The number of hydrogen-bond donors (Lipinski definition) is 1. The second kappa shape index (κ2) is 4.30. The number of rotatable bonds is 1.